The molecule has 1 fully saturated rings. The molecule has 1 unspecified atom stereocenters. The molecule has 1 atom stereocenters. The zero-order chi connectivity index (χ0) is 24.3. The average molecular weight is 481 g/mol. The van der Waals surface area contributed by atoms with E-state index in [0.29, 0.717) is 19.1 Å². The third-order valence-electron chi connectivity index (χ3n) is 6.40. The highest BCUT2D eigenvalue weighted by Crippen LogP contribution is 2.48. The molecule has 2 heterocycles. The lowest BCUT2D eigenvalue weighted by atomic mass is 9.88. The van der Waals surface area contributed by atoms with Gasteiger partial charge in [0.15, 0.2) is 0 Å². The van der Waals surface area contributed by atoms with E-state index >= 15 is 0 Å². The number of benzene rings is 1. The van der Waals surface area contributed by atoms with E-state index in [4.69, 9.17) is 9.47 Å². The molecule has 0 amide bonds. The van der Waals surface area contributed by atoms with Crippen LogP contribution in [0.25, 0.3) is 10.9 Å². The summed E-state index contributed by atoms with van der Waals surface area (Å²) in [4.78, 5) is 18.9. The van der Waals surface area contributed by atoms with Gasteiger partial charge in [-0.25, -0.2) is 0 Å². The van der Waals surface area contributed by atoms with Gasteiger partial charge in [0.05, 0.1) is 12.3 Å². The van der Waals surface area contributed by atoms with E-state index in [-0.39, 0.29) is 16.6 Å². The van der Waals surface area contributed by atoms with E-state index in [0.717, 1.165) is 40.9 Å². The number of carbonyl (C=O) groups is 1. The molecule has 34 heavy (non-hydrogen) atoms. The maximum Gasteiger partial charge on any atom is 0.315 e. The largest absolute Gasteiger partial charge is 0.487 e. The second kappa shape index (κ2) is 10.4. The van der Waals surface area contributed by atoms with Crippen LogP contribution in [0.4, 0.5) is 0 Å². The second-order valence-corrected chi connectivity index (χ2v) is 11.9. The highest BCUT2D eigenvalue weighted by Gasteiger charge is 2.38. The lowest BCUT2D eigenvalue weighted by molar-refractivity contribution is -0.146. The fraction of sp³-hybridized carbons (Fsp3) is 0.500. The minimum absolute atomic E-state index is 0.0112. The number of aryl methyl sites for hydroxylation is 1. The molecule has 6 heteroatoms. The first-order valence-corrected chi connectivity index (χ1v) is 13.1. The second-order valence-electron chi connectivity index (χ2n) is 10.1. The Hall–Kier alpha value is -2.47. The zero-order valence-electron chi connectivity index (χ0n) is 21.0. The van der Waals surface area contributed by atoms with Gasteiger partial charge >= 0.3 is 5.97 Å². The number of fused-ring (bicyclic) bond motifs is 1. The number of rotatable bonds is 8. The molecular weight excluding hydrogens is 444 g/mol. The predicted octanol–water partition coefficient (Wildman–Crippen LogP) is 6.88. The van der Waals surface area contributed by atoms with Gasteiger partial charge in [0.25, 0.3) is 0 Å². The highest BCUT2D eigenvalue weighted by atomic mass is 32.2. The van der Waals surface area contributed by atoms with E-state index < -0.39 is 0 Å². The molecule has 182 valence electrons. The first-order valence-electron chi connectivity index (χ1n) is 12.3. The van der Waals surface area contributed by atoms with Crippen molar-refractivity contribution in [2.45, 2.75) is 75.5 Å². The molecule has 0 spiro atoms. The number of carbonyl (C=O) groups excluding carboxylic acids is 1. The lowest BCUT2D eigenvalue weighted by Crippen LogP contribution is -2.25. The maximum atomic E-state index is 13.3. The summed E-state index contributed by atoms with van der Waals surface area (Å²) in [5.74, 6) is 0.783. The van der Waals surface area contributed by atoms with Gasteiger partial charge in [0, 0.05) is 39.5 Å². The van der Waals surface area contributed by atoms with Gasteiger partial charge in [0.1, 0.15) is 18.3 Å². The number of nitrogens with zero attached hydrogens (tertiary/aromatic N) is 2. The standard InChI is InChI=1S/C28H36N2O3S/c1-6-32-27(31)24(19-11-7-8-12-19)25-26(34-28(2,3)4)22-17-21(14-15-23(22)30(25)5)33-18-20-13-9-10-16-29-20/h9-10,13-17,19,24H,6-8,11-12,18H2,1-5H3. The van der Waals surface area contributed by atoms with Crippen LogP contribution in [-0.2, 0) is 23.2 Å². The molecule has 5 nitrogen and oxygen atoms in total. The zero-order valence-corrected chi connectivity index (χ0v) is 21.8. The number of esters is 1. The van der Waals surface area contributed by atoms with Gasteiger partial charge in [0.2, 0.25) is 0 Å². The number of ether oxygens (including phenoxy) is 2. The Morgan fingerprint density at radius 1 is 1.21 bits per heavy atom. The van der Waals surface area contributed by atoms with Crippen molar-refractivity contribution in [2.75, 3.05) is 6.61 Å². The number of thioether (sulfide) groups is 1. The minimum Gasteiger partial charge on any atom is -0.487 e. The van der Waals surface area contributed by atoms with E-state index in [1.165, 1.54) is 17.7 Å². The Kier molecular flexibility index (Phi) is 7.56. The molecule has 4 rings (SSSR count). The summed E-state index contributed by atoms with van der Waals surface area (Å²) in [5, 5.41) is 1.13. The van der Waals surface area contributed by atoms with Crippen LogP contribution in [0.2, 0.25) is 0 Å². The molecule has 2 aromatic heterocycles. The van der Waals surface area contributed by atoms with E-state index in [9.17, 15) is 4.79 Å². The third-order valence-corrected chi connectivity index (χ3v) is 7.64. The first kappa shape index (κ1) is 24.6. The van der Waals surface area contributed by atoms with Crippen LogP contribution in [0, 0.1) is 5.92 Å². The monoisotopic (exact) mass is 480 g/mol. The van der Waals surface area contributed by atoms with Crippen LogP contribution in [0.5, 0.6) is 5.75 Å². The molecule has 1 aliphatic rings. The Labute approximate surface area is 207 Å². The van der Waals surface area contributed by atoms with Crippen molar-refractivity contribution in [1.82, 2.24) is 9.55 Å². The molecule has 0 N–H and O–H groups in total. The lowest BCUT2D eigenvalue weighted by Gasteiger charge is -2.26. The van der Waals surface area contributed by atoms with Crippen LogP contribution in [0.1, 0.15) is 70.7 Å². The fourth-order valence-electron chi connectivity index (χ4n) is 4.95. The SMILES string of the molecule is CCOC(=O)C(c1c(SC(C)(C)C)c2cc(OCc3ccccn3)ccc2n1C)C1CCCC1. The summed E-state index contributed by atoms with van der Waals surface area (Å²) in [6.45, 7) is 9.37. The van der Waals surface area contributed by atoms with Gasteiger partial charge < -0.3 is 14.0 Å². The van der Waals surface area contributed by atoms with Crippen molar-refractivity contribution in [1.29, 1.82) is 0 Å². The molecular formula is C28H36N2O3S. The van der Waals surface area contributed by atoms with Gasteiger partial charge in [-0.15, -0.1) is 11.8 Å². The van der Waals surface area contributed by atoms with Gasteiger partial charge in [-0.05, 0) is 56.0 Å². The summed E-state index contributed by atoms with van der Waals surface area (Å²) in [5.41, 5.74) is 3.09. The highest BCUT2D eigenvalue weighted by molar-refractivity contribution is 8.00. The quantitative estimate of drug-likeness (QED) is 0.260. The van der Waals surface area contributed by atoms with E-state index in [1.807, 2.05) is 43.0 Å². The van der Waals surface area contributed by atoms with Crippen molar-refractivity contribution in [3.63, 3.8) is 0 Å². The number of hydrogen-bond acceptors (Lipinski definition) is 5. The molecule has 3 aromatic rings. The van der Waals surface area contributed by atoms with E-state index in [2.05, 4.69) is 49.5 Å². The summed E-state index contributed by atoms with van der Waals surface area (Å²) in [7, 11) is 2.08. The molecule has 0 aliphatic heterocycles. The van der Waals surface area contributed by atoms with Crippen molar-refractivity contribution in [2.24, 2.45) is 13.0 Å². The minimum atomic E-state index is -0.248. The Morgan fingerprint density at radius 2 is 1.97 bits per heavy atom. The smallest absolute Gasteiger partial charge is 0.315 e. The van der Waals surface area contributed by atoms with Crippen LogP contribution in [0.15, 0.2) is 47.5 Å². The summed E-state index contributed by atoms with van der Waals surface area (Å²) < 4.78 is 13.9. The molecule has 1 saturated carbocycles. The summed E-state index contributed by atoms with van der Waals surface area (Å²) in [6.07, 6.45) is 6.28. The normalized spacial score (nSPS) is 15.6. The van der Waals surface area contributed by atoms with Gasteiger partial charge in [-0.2, -0.15) is 0 Å². The first-order chi connectivity index (χ1) is 16.3. The van der Waals surface area contributed by atoms with Crippen LogP contribution < -0.4 is 4.74 Å². The summed E-state index contributed by atoms with van der Waals surface area (Å²) in [6, 6.07) is 12.1. The molecule has 1 aliphatic carbocycles. The molecule has 0 radical (unpaired) electrons. The number of pyridine rings is 1. The Bertz CT molecular complexity index is 1130. The van der Waals surface area contributed by atoms with Crippen molar-refractivity contribution in [3.8, 4) is 5.75 Å². The van der Waals surface area contributed by atoms with Crippen LogP contribution in [-0.4, -0.2) is 26.9 Å². The van der Waals surface area contributed by atoms with Gasteiger partial charge in [-0.3, -0.25) is 9.78 Å². The Morgan fingerprint density at radius 3 is 2.62 bits per heavy atom. The number of hydrogen-bond donors (Lipinski definition) is 0. The molecule has 0 saturated heterocycles. The van der Waals surface area contributed by atoms with Gasteiger partial charge in [-0.1, -0.05) is 39.7 Å². The van der Waals surface area contributed by atoms with Crippen molar-refractivity contribution >= 4 is 28.6 Å². The number of aromatic nitrogens is 2. The maximum absolute atomic E-state index is 13.3. The van der Waals surface area contributed by atoms with Crippen molar-refractivity contribution in [3.05, 3.63) is 54.0 Å². The Balaban J connectivity index is 1.80. The third kappa shape index (κ3) is 5.43. The van der Waals surface area contributed by atoms with E-state index in [1.54, 1.807) is 6.20 Å². The molecule has 1 aromatic carbocycles. The summed E-state index contributed by atoms with van der Waals surface area (Å²) >= 11 is 1.83. The fourth-order valence-corrected chi connectivity index (χ4v) is 6.21. The van der Waals surface area contributed by atoms with Crippen LogP contribution in [0.3, 0.4) is 0 Å². The predicted molar refractivity (Wildman–Crippen MR) is 138 cm³/mol. The van der Waals surface area contributed by atoms with Crippen molar-refractivity contribution < 1.29 is 14.3 Å². The molecule has 0 bridgehead atoms. The van der Waals surface area contributed by atoms with Crippen LogP contribution >= 0.6 is 11.8 Å². The average Bonchev–Trinajstić information content (AvgIpc) is 3.41. The topological polar surface area (TPSA) is 53.4 Å².